The van der Waals surface area contributed by atoms with Crippen LogP contribution in [-0.2, 0) is 17.6 Å². The number of nitrogen functional groups attached to an aromatic ring is 1. The van der Waals surface area contributed by atoms with Gasteiger partial charge >= 0.3 is 0 Å². The fourth-order valence-corrected chi connectivity index (χ4v) is 4.32. The monoisotopic (exact) mass is 529 g/mol. The second-order valence-electron chi connectivity index (χ2n) is 8.51. The number of amides is 1. The Morgan fingerprint density at radius 1 is 1.11 bits per heavy atom. The van der Waals surface area contributed by atoms with Crippen molar-refractivity contribution in [2.45, 2.75) is 32.7 Å². The summed E-state index contributed by atoms with van der Waals surface area (Å²) >= 11 is 12.1. The number of benzene rings is 2. The summed E-state index contributed by atoms with van der Waals surface area (Å²) in [5.41, 5.74) is 13.3. The second-order valence-corrected chi connectivity index (χ2v) is 9.36. The molecule has 36 heavy (non-hydrogen) atoms. The SMILES string of the molecule is CC(C)n1nc(-c2ccc(CC(=O)Cc3cc(-c4ccc(Cl)cc4Cl)no3)c(F)c2)c(C(N)=O)c1N. The number of aromatic nitrogens is 3. The largest absolute Gasteiger partial charge is 0.383 e. The lowest BCUT2D eigenvalue weighted by molar-refractivity contribution is -0.118. The average Bonchev–Trinajstić information content (AvgIpc) is 3.39. The first-order valence-electron chi connectivity index (χ1n) is 10.9. The minimum absolute atomic E-state index is 0.0221. The molecule has 186 valence electrons. The van der Waals surface area contributed by atoms with E-state index in [1.807, 2.05) is 13.8 Å². The van der Waals surface area contributed by atoms with E-state index in [1.165, 1.54) is 16.8 Å². The fraction of sp³-hybridized carbons (Fsp3) is 0.200. The predicted molar refractivity (Wildman–Crippen MR) is 135 cm³/mol. The molecule has 0 saturated carbocycles. The number of nitrogens with zero attached hydrogens (tertiary/aromatic N) is 3. The van der Waals surface area contributed by atoms with Crippen molar-refractivity contribution >= 4 is 40.7 Å². The molecule has 1 amide bonds. The summed E-state index contributed by atoms with van der Waals surface area (Å²) in [5, 5.41) is 9.19. The summed E-state index contributed by atoms with van der Waals surface area (Å²) in [6.07, 6.45) is -0.254. The summed E-state index contributed by atoms with van der Waals surface area (Å²) < 4.78 is 21.7. The molecule has 2 aromatic heterocycles. The minimum Gasteiger partial charge on any atom is -0.383 e. The molecule has 0 bridgehead atoms. The van der Waals surface area contributed by atoms with Crippen molar-refractivity contribution in [1.82, 2.24) is 14.9 Å². The highest BCUT2D eigenvalue weighted by molar-refractivity contribution is 6.36. The van der Waals surface area contributed by atoms with Crippen molar-refractivity contribution in [2.24, 2.45) is 5.73 Å². The lowest BCUT2D eigenvalue weighted by Gasteiger charge is -2.07. The van der Waals surface area contributed by atoms with Gasteiger partial charge in [0.1, 0.15) is 40.1 Å². The van der Waals surface area contributed by atoms with E-state index in [0.717, 1.165) is 0 Å². The van der Waals surface area contributed by atoms with Gasteiger partial charge in [0, 0.05) is 34.7 Å². The van der Waals surface area contributed by atoms with Crippen LogP contribution in [0, 0.1) is 5.82 Å². The quantitative estimate of drug-likeness (QED) is 0.319. The summed E-state index contributed by atoms with van der Waals surface area (Å²) in [7, 11) is 0. The number of rotatable bonds is 8. The maximum absolute atomic E-state index is 14.9. The molecule has 11 heteroatoms. The first kappa shape index (κ1) is 25.4. The number of Topliss-reactive ketones (excluding diaryl/α,β-unsaturated/α-hetero) is 1. The van der Waals surface area contributed by atoms with Crippen molar-refractivity contribution in [2.75, 3.05) is 5.73 Å². The van der Waals surface area contributed by atoms with E-state index in [-0.39, 0.29) is 47.3 Å². The zero-order valence-electron chi connectivity index (χ0n) is 19.4. The van der Waals surface area contributed by atoms with E-state index in [4.69, 9.17) is 39.2 Å². The highest BCUT2D eigenvalue weighted by Gasteiger charge is 2.23. The maximum atomic E-state index is 14.9. The lowest BCUT2D eigenvalue weighted by atomic mass is 10.0. The first-order chi connectivity index (χ1) is 17.0. The molecule has 0 unspecified atom stereocenters. The molecule has 0 aliphatic rings. The predicted octanol–water partition coefficient (Wildman–Crippen LogP) is 5.27. The first-order valence-corrected chi connectivity index (χ1v) is 11.7. The minimum atomic E-state index is -0.764. The molecule has 0 fully saturated rings. The Kier molecular flexibility index (Phi) is 7.14. The van der Waals surface area contributed by atoms with Crippen molar-refractivity contribution in [1.29, 1.82) is 0 Å². The Balaban J connectivity index is 1.51. The van der Waals surface area contributed by atoms with Crippen LogP contribution in [0.4, 0.5) is 10.2 Å². The van der Waals surface area contributed by atoms with Crippen LogP contribution in [0.1, 0.15) is 41.6 Å². The Hall–Kier alpha value is -3.69. The number of ketones is 1. The van der Waals surface area contributed by atoms with Crippen LogP contribution in [0.3, 0.4) is 0 Å². The Bertz CT molecular complexity index is 1480. The van der Waals surface area contributed by atoms with E-state index in [2.05, 4.69) is 10.3 Å². The van der Waals surface area contributed by atoms with Crippen molar-refractivity contribution in [3.63, 3.8) is 0 Å². The molecule has 4 N–H and O–H groups in total. The van der Waals surface area contributed by atoms with E-state index < -0.39 is 11.7 Å². The molecule has 2 heterocycles. The third kappa shape index (κ3) is 5.12. The Morgan fingerprint density at radius 2 is 1.86 bits per heavy atom. The van der Waals surface area contributed by atoms with Gasteiger partial charge in [-0.25, -0.2) is 9.07 Å². The normalized spacial score (nSPS) is 11.3. The maximum Gasteiger partial charge on any atom is 0.254 e. The number of halogens is 3. The van der Waals surface area contributed by atoms with Crippen LogP contribution >= 0.6 is 23.2 Å². The smallest absolute Gasteiger partial charge is 0.254 e. The van der Waals surface area contributed by atoms with Gasteiger partial charge in [0.25, 0.3) is 5.91 Å². The van der Waals surface area contributed by atoms with Gasteiger partial charge < -0.3 is 16.0 Å². The van der Waals surface area contributed by atoms with Crippen LogP contribution in [0.15, 0.2) is 47.0 Å². The van der Waals surface area contributed by atoms with Gasteiger partial charge in [0.15, 0.2) is 0 Å². The molecule has 4 rings (SSSR count). The third-order valence-corrected chi connectivity index (χ3v) is 6.08. The molecular weight excluding hydrogens is 508 g/mol. The van der Waals surface area contributed by atoms with Crippen molar-refractivity contribution in [3.8, 4) is 22.5 Å². The lowest BCUT2D eigenvalue weighted by Crippen LogP contribution is -2.15. The molecule has 0 aliphatic carbocycles. The average molecular weight is 530 g/mol. The summed E-state index contributed by atoms with van der Waals surface area (Å²) in [4.78, 5) is 24.6. The highest BCUT2D eigenvalue weighted by Crippen LogP contribution is 2.31. The standard InChI is InChI=1S/C25H22Cl2FN5O3/c1-12(2)33-24(29)22(25(30)35)23(31-33)14-4-3-13(20(28)8-14)7-16(34)10-17-11-21(32-36-17)18-6-5-15(26)9-19(18)27/h3-6,8-9,11-12H,7,10,29H2,1-2H3,(H2,30,35). The molecule has 0 saturated heterocycles. The molecule has 0 radical (unpaired) electrons. The molecule has 0 atom stereocenters. The summed E-state index contributed by atoms with van der Waals surface area (Å²) in [6.45, 7) is 3.68. The van der Waals surface area contributed by atoms with Gasteiger partial charge in [-0.15, -0.1) is 0 Å². The number of hydrogen-bond donors (Lipinski definition) is 2. The number of hydrogen-bond acceptors (Lipinski definition) is 6. The van der Waals surface area contributed by atoms with Gasteiger partial charge in [-0.3, -0.25) is 9.59 Å². The molecule has 0 spiro atoms. The van der Waals surface area contributed by atoms with Crippen LogP contribution in [0.2, 0.25) is 10.0 Å². The molecular formula is C25H22Cl2FN5O3. The van der Waals surface area contributed by atoms with E-state index in [9.17, 15) is 14.0 Å². The van der Waals surface area contributed by atoms with Gasteiger partial charge in [-0.05, 0) is 43.7 Å². The fourth-order valence-electron chi connectivity index (χ4n) is 3.81. The van der Waals surface area contributed by atoms with Gasteiger partial charge in [-0.2, -0.15) is 5.10 Å². The van der Waals surface area contributed by atoms with Gasteiger partial charge in [0.05, 0.1) is 11.4 Å². The number of carbonyl (C=O) groups is 2. The Morgan fingerprint density at radius 3 is 2.50 bits per heavy atom. The summed E-state index contributed by atoms with van der Waals surface area (Å²) in [6, 6.07) is 10.7. The summed E-state index contributed by atoms with van der Waals surface area (Å²) in [5.74, 6) is -1.24. The second kappa shape index (κ2) is 10.1. The topological polar surface area (TPSA) is 130 Å². The number of nitrogens with two attached hydrogens (primary N) is 2. The van der Waals surface area contributed by atoms with E-state index in [0.29, 0.717) is 32.6 Å². The van der Waals surface area contributed by atoms with E-state index >= 15 is 0 Å². The molecule has 0 aliphatic heterocycles. The Labute approximate surface area is 216 Å². The van der Waals surface area contributed by atoms with E-state index in [1.54, 1.807) is 30.3 Å². The number of carbonyl (C=O) groups excluding carboxylic acids is 2. The molecule has 2 aromatic carbocycles. The zero-order chi connectivity index (χ0) is 26.1. The molecule has 4 aromatic rings. The van der Waals surface area contributed by atoms with Gasteiger partial charge in [-0.1, -0.05) is 40.5 Å². The van der Waals surface area contributed by atoms with Crippen molar-refractivity contribution < 1.29 is 18.5 Å². The van der Waals surface area contributed by atoms with Crippen LogP contribution in [0.5, 0.6) is 0 Å². The zero-order valence-corrected chi connectivity index (χ0v) is 20.9. The van der Waals surface area contributed by atoms with Gasteiger partial charge in [0.2, 0.25) is 0 Å². The third-order valence-electron chi connectivity index (χ3n) is 5.53. The van der Waals surface area contributed by atoms with Crippen LogP contribution in [-0.4, -0.2) is 26.6 Å². The number of primary amides is 1. The van der Waals surface area contributed by atoms with Crippen LogP contribution in [0.25, 0.3) is 22.5 Å². The number of anilines is 1. The van der Waals surface area contributed by atoms with Crippen molar-refractivity contribution in [3.05, 3.63) is 75.2 Å². The molecule has 8 nitrogen and oxygen atoms in total. The highest BCUT2D eigenvalue weighted by atomic mass is 35.5. The van der Waals surface area contributed by atoms with Crippen LogP contribution < -0.4 is 11.5 Å².